The van der Waals surface area contributed by atoms with Gasteiger partial charge in [0.1, 0.15) is 5.69 Å². The minimum atomic E-state index is -0.521. The number of benzene rings is 1. The van der Waals surface area contributed by atoms with Crippen LogP contribution in [0.4, 0.5) is 10.3 Å². The maximum atomic E-state index is 14.8. The van der Waals surface area contributed by atoms with Gasteiger partial charge in [0.05, 0.1) is 6.20 Å². The number of halogens is 1. The molecule has 1 saturated carbocycles. The summed E-state index contributed by atoms with van der Waals surface area (Å²) in [5, 5.41) is 3.38. The molecular formula is C33H43FN6O2. The lowest BCUT2D eigenvalue weighted by Crippen LogP contribution is -2.45. The molecule has 0 bridgehead atoms. The molecule has 9 heteroatoms. The molecule has 4 heterocycles. The van der Waals surface area contributed by atoms with Gasteiger partial charge in [0.25, 0.3) is 5.56 Å². The molecule has 3 aromatic rings. The van der Waals surface area contributed by atoms with E-state index in [-0.39, 0.29) is 24.6 Å². The predicted molar refractivity (Wildman–Crippen MR) is 164 cm³/mol. The van der Waals surface area contributed by atoms with Gasteiger partial charge in [-0.2, -0.15) is 0 Å². The number of pyridine rings is 1. The van der Waals surface area contributed by atoms with Gasteiger partial charge in [0, 0.05) is 56.5 Å². The first-order valence-corrected chi connectivity index (χ1v) is 15.6. The third kappa shape index (κ3) is 6.72. The van der Waals surface area contributed by atoms with Gasteiger partial charge in [-0.25, -0.2) is 14.4 Å². The van der Waals surface area contributed by atoms with Gasteiger partial charge in [0.15, 0.2) is 5.82 Å². The third-order valence-electron chi connectivity index (χ3n) is 9.27. The second kappa shape index (κ2) is 13.2. The minimum Gasteiger partial charge on any atom is -0.351 e. The normalized spacial score (nSPS) is 22.2. The van der Waals surface area contributed by atoms with Crippen LogP contribution in [0.3, 0.4) is 0 Å². The molecule has 6 rings (SSSR count). The van der Waals surface area contributed by atoms with Crippen LogP contribution in [0.15, 0.2) is 59.7 Å². The molecule has 3 aliphatic rings. The first kappa shape index (κ1) is 28.5. The summed E-state index contributed by atoms with van der Waals surface area (Å²) < 4.78 is 16.4. The van der Waals surface area contributed by atoms with Crippen LogP contribution in [0.1, 0.15) is 59.2 Å². The van der Waals surface area contributed by atoms with E-state index in [0.29, 0.717) is 23.1 Å². The smallest absolute Gasteiger partial charge is 0.255 e. The Balaban J connectivity index is 0.00000368. The van der Waals surface area contributed by atoms with Crippen LogP contribution in [0.2, 0.25) is 0 Å². The average Bonchev–Trinajstić information content (AvgIpc) is 3.03. The van der Waals surface area contributed by atoms with Gasteiger partial charge in [-0.3, -0.25) is 14.2 Å². The zero-order valence-corrected chi connectivity index (χ0v) is 24.3. The van der Waals surface area contributed by atoms with Crippen LogP contribution in [0, 0.1) is 17.7 Å². The van der Waals surface area contributed by atoms with Crippen molar-refractivity contribution in [3.63, 3.8) is 0 Å². The minimum absolute atomic E-state index is 0. The third-order valence-corrected chi connectivity index (χ3v) is 9.27. The Morgan fingerprint density at radius 3 is 2.50 bits per heavy atom. The molecule has 2 saturated heterocycles. The Morgan fingerprint density at radius 1 is 0.952 bits per heavy atom. The molecule has 1 aliphatic carbocycles. The number of anilines is 1. The molecule has 2 aliphatic heterocycles. The number of piperidine rings is 2. The number of aromatic nitrogens is 3. The fourth-order valence-corrected chi connectivity index (χ4v) is 6.85. The summed E-state index contributed by atoms with van der Waals surface area (Å²) in [5.41, 5.74) is 1.23. The number of amides is 1. The van der Waals surface area contributed by atoms with Crippen molar-refractivity contribution in [3.8, 4) is 16.9 Å². The van der Waals surface area contributed by atoms with Crippen LogP contribution in [-0.2, 0) is 4.79 Å². The van der Waals surface area contributed by atoms with E-state index in [1.807, 2.05) is 0 Å². The van der Waals surface area contributed by atoms with E-state index < -0.39 is 5.82 Å². The molecule has 224 valence electrons. The van der Waals surface area contributed by atoms with E-state index in [1.165, 1.54) is 55.7 Å². The monoisotopic (exact) mass is 574 g/mol. The Morgan fingerprint density at radius 2 is 1.74 bits per heavy atom. The Hall–Kier alpha value is -3.59. The predicted octanol–water partition coefficient (Wildman–Crippen LogP) is 5.37. The van der Waals surface area contributed by atoms with Crippen molar-refractivity contribution in [2.75, 3.05) is 38.0 Å². The highest BCUT2D eigenvalue weighted by atomic mass is 19.1. The van der Waals surface area contributed by atoms with Crippen molar-refractivity contribution in [3.05, 3.63) is 71.0 Å². The zero-order valence-electron chi connectivity index (χ0n) is 24.3. The molecule has 0 unspecified atom stereocenters. The Bertz CT molecular complexity index is 1430. The van der Waals surface area contributed by atoms with Crippen molar-refractivity contribution in [2.24, 2.45) is 11.8 Å². The van der Waals surface area contributed by atoms with Gasteiger partial charge >= 0.3 is 0 Å². The molecule has 8 nitrogen and oxygen atoms in total. The summed E-state index contributed by atoms with van der Waals surface area (Å²) >= 11 is 0. The van der Waals surface area contributed by atoms with Crippen LogP contribution >= 0.6 is 0 Å². The quantitative estimate of drug-likeness (QED) is 0.408. The SMILES string of the molecule is O=C(C1CCC(Nc2ncc(F)c(-c3cccc(-n4ccccc4=O)c3)n2)CC1)N1CCC(CN2CCCCC2)CC1.[HH]. The van der Waals surface area contributed by atoms with Gasteiger partial charge in [-0.15, -0.1) is 0 Å². The van der Waals surface area contributed by atoms with E-state index in [0.717, 1.165) is 57.5 Å². The van der Waals surface area contributed by atoms with Gasteiger partial charge in [-0.1, -0.05) is 24.6 Å². The van der Waals surface area contributed by atoms with Gasteiger partial charge in [0.2, 0.25) is 11.9 Å². The summed E-state index contributed by atoms with van der Waals surface area (Å²) in [4.78, 5) is 39.0. The van der Waals surface area contributed by atoms with Crippen LogP contribution < -0.4 is 10.9 Å². The lowest BCUT2D eigenvalue weighted by Gasteiger charge is -2.38. The van der Waals surface area contributed by atoms with Crippen molar-refractivity contribution in [1.82, 2.24) is 24.3 Å². The summed E-state index contributed by atoms with van der Waals surface area (Å²) in [6.07, 6.45) is 12.5. The number of carbonyl (C=O) groups is 1. The molecule has 1 N–H and O–H groups in total. The number of hydrogen-bond acceptors (Lipinski definition) is 6. The van der Waals surface area contributed by atoms with Crippen molar-refractivity contribution < 1.29 is 10.6 Å². The second-order valence-electron chi connectivity index (χ2n) is 12.2. The van der Waals surface area contributed by atoms with E-state index in [4.69, 9.17) is 0 Å². The highest BCUT2D eigenvalue weighted by molar-refractivity contribution is 5.79. The second-order valence-corrected chi connectivity index (χ2v) is 12.2. The Kier molecular flexibility index (Phi) is 8.93. The standard InChI is InChI=1S/C33H41FN6O2.H2/c34-29-22-35-33(37-31(29)26-7-6-8-28(21-26)40-18-5-2-9-30(40)41)36-27-12-10-25(11-13-27)32(42)39-19-14-24(15-20-39)23-38-16-3-1-4-17-38;/h2,5-9,18,21-22,24-25,27H,1,3-4,10-17,19-20,23H2,(H,35,36,37);1H. The first-order valence-electron chi connectivity index (χ1n) is 15.6. The molecule has 3 fully saturated rings. The average molecular weight is 575 g/mol. The molecule has 0 atom stereocenters. The lowest BCUT2D eigenvalue weighted by molar-refractivity contribution is -0.138. The number of carbonyl (C=O) groups excluding carboxylic acids is 1. The van der Waals surface area contributed by atoms with Crippen LogP contribution in [-0.4, -0.2) is 69.0 Å². The molecule has 1 aromatic carbocycles. The van der Waals surface area contributed by atoms with Crippen molar-refractivity contribution in [2.45, 2.75) is 63.8 Å². The van der Waals surface area contributed by atoms with Crippen LogP contribution in [0.25, 0.3) is 16.9 Å². The molecular weight excluding hydrogens is 531 g/mol. The summed E-state index contributed by atoms with van der Waals surface area (Å²) in [5.74, 6) is 0.973. The van der Waals surface area contributed by atoms with Crippen molar-refractivity contribution in [1.29, 1.82) is 0 Å². The van der Waals surface area contributed by atoms with Crippen LogP contribution in [0.5, 0.6) is 0 Å². The van der Waals surface area contributed by atoms with Gasteiger partial charge in [-0.05, 0) is 88.6 Å². The summed E-state index contributed by atoms with van der Waals surface area (Å²) in [7, 11) is 0. The van der Waals surface area contributed by atoms with E-state index >= 15 is 0 Å². The first-order chi connectivity index (χ1) is 20.5. The largest absolute Gasteiger partial charge is 0.351 e. The van der Waals surface area contributed by atoms with Gasteiger partial charge < -0.3 is 15.1 Å². The van der Waals surface area contributed by atoms with E-state index in [2.05, 4.69) is 25.1 Å². The molecule has 1 amide bonds. The van der Waals surface area contributed by atoms with E-state index in [9.17, 15) is 14.0 Å². The molecule has 0 spiro atoms. The molecule has 42 heavy (non-hydrogen) atoms. The highest BCUT2D eigenvalue weighted by Gasteiger charge is 2.32. The van der Waals surface area contributed by atoms with Crippen molar-refractivity contribution >= 4 is 11.9 Å². The maximum absolute atomic E-state index is 14.8. The number of nitrogens with one attached hydrogen (secondary N) is 1. The summed E-state index contributed by atoms with van der Waals surface area (Å²) in [6.45, 7) is 5.46. The fourth-order valence-electron chi connectivity index (χ4n) is 6.85. The van der Waals surface area contributed by atoms with E-state index in [1.54, 1.807) is 42.6 Å². The number of likely N-dealkylation sites (tertiary alicyclic amines) is 2. The molecule has 2 aromatic heterocycles. The summed E-state index contributed by atoms with van der Waals surface area (Å²) in [6, 6.07) is 12.2. The maximum Gasteiger partial charge on any atom is 0.255 e. The number of hydrogen-bond donors (Lipinski definition) is 1. The lowest BCUT2D eigenvalue weighted by atomic mass is 9.84. The number of rotatable bonds is 7. The zero-order chi connectivity index (χ0) is 28.9. The Labute approximate surface area is 248 Å². The number of nitrogens with zero attached hydrogens (tertiary/aromatic N) is 5. The fraction of sp³-hybridized carbons (Fsp3) is 0.515. The molecule has 0 radical (unpaired) electrons. The topological polar surface area (TPSA) is 83.4 Å². The highest BCUT2D eigenvalue weighted by Crippen LogP contribution is 2.30.